The molecule has 2 aromatic rings. The second-order valence-electron chi connectivity index (χ2n) is 4.35. The van der Waals surface area contributed by atoms with Crippen LogP contribution in [-0.2, 0) is 13.1 Å². The van der Waals surface area contributed by atoms with Crippen molar-refractivity contribution in [1.82, 2.24) is 0 Å². The minimum Gasteiger partial charge on any atom is -0.457 e. The fourth-order valence-corrected chi connectivity index (χ4v) is 2.00. The van der Waals surface area contributed by atoms with Crippen molar-refractivity contribution in [2.45, 2.75) is 13.1 Å². The highest BCUT2D eigenvalue weighted by Crippen LogP contribution is 2.22. The van der Waals surface area contributed by atoms with Crippen molar-refractivity contribution in [3.8, 4) is 11.5 Å². The maximum absolute atomic E-state index is 5.68. The minimum atomic E-state index is 0.168. The Balaban J connectivity index is 1.91. The molecule has 0 N–H and O–H groups in total. The van der Waals surface area contributed by atoms with Gasteiger partial charge in [0.25, 0.3) is 0 Å². The molecule has 2 aromatic carbocycles. The van der Waals surface area contributed by atoms with Crippen LogP contribution in [0.4, 0.5) is 0 Å². The first kappa shape index (κ1) is 12.5. The fourth-order valence-electron chi connectivity index (χ4n) is 2.00. The normalized spacial score (nSPS) is 14.0. The number of rotatable bonds is 0. The molecular formula is C16H14N2O2. The molecule has 1 aliphatic rings. The molecule has 0 atom stereocenters. The molecule has 1 aliphatic heterocycles. The Kier molecular flexibility index (Phi) is 3.76. The van der Waals surface area contributed by atoms with Crippen LogP contribution in [0, 0.1) is 0 Å². The molecule has 0 spiro atoms. The third kappa shape index (κ3) is 2.87. The van der Waals surface area contributed by atoms with E-state index in [1.807, 2.05) is 48.5 Å². The zero-order valence-corrected chi connectivity index (χ0v) is 11.0. The van der Waals surface area contributed by atoms with Gasteiger partial charge in [0.05, 0.1) is 19.1 Å². The van der Waals surface area contributed by atoms with E-state index < -0.39 is 0 Å². The Morgan fingerprint density at radius 3 is 1.80 bits per heavy atom. The number of aliphatic imine (C=N–C) groups is 2. The van der Waals surface area contributed by atoms with Gasteiger partial charge in [0, 0.05) is 11.1 Å². The maximum atomic E-state index is 5.68. The van der Waals surface area contributed by atoms with Crippen LogP contribution in [0.2, 0.25) is 0 Å². The predicted octanol–water partition coefficient (Wildman–Crippen LogP) is 3.29. The van der Waals surface area contributed by atoms with E-state index in [0.29, 0.717) is 13.1 Å². The number of nitrogens with zero attached hydrogens (tertiary/aromatic N) is 2. The van der Waals surface area contributed by atoms with E-state index in [1.54, 1.807) is 0 Å². The summed E-state index contributed by atoms with van der Waals surface area (Å²) in [6, 6.07) is 18.2. The molecule has 0 fully saturated rings. The summed E-state index contributed by atoms with van der Waals surface area (Å²) in [6.45, 7) is 1.17. The van der Waals surface area contributed by atoms with Crippen molar-refractivity contribution in [2.75, 3.05) is 6.79 Å². The van der Waals surface area contributed by atoms with Gasteiger partial charge in [0.1, 0.15) is 11.5 Å². The summed E-state index contributed by atoms with van der Waals surface area (Å²) in [6.07, 6.45) is 0. The quantitative estimate of drug-likeness (QED) is 0.734. The number of fused-ring (bicyclic) bond motifs is 2. The van der Waals surface area contributed by atoms with Crippen LogP contribution in [0.15, 0.2) is 58.5 Å². The van der Waals surface area contributed by atoms with E-state index in [2.05, 4.69) is 16.0 Å². The molecule has 0 aliphatic carbocycles. The monoisotopic (exact) mass is 266 g/mol. The molecule has 0 aromatic heterocycles. The second-order valence-corrected chi connectivity index (χ2v) is 4.35. The molecule has 0 saturated heterocycles. The molecule has 4 heteroatoms. The molecule has 1 heterocycles. The molecule has 0 radical (unpaired) electrons. The third-order valence-corrected chi connectivity index (χ3v) is 3.01. The lowest BCUT2D eigenvalue weighted by molar-refractivity contribution is 0.118. The number of hydrogen-bond acceptors (Lipinski definition) is 4. The molecule has 3 rings (SSSR count). The van der Waals surface area contributed by atoms with Gasteiger partial charge in [-0.15, -0.1) is 0 Å². The molecule has 100 valence electrons. The smallest absolute Gasteiger partial charge is 0.230 e. The molecule has 0 bridgehead atoms. The van der Waals surface area contributed by atoms with Crippen LogP contribution in [0.1, 0.15) is 11.1 Å². The van der Waals surface area contributed by atoms with Crippen LogP contribution in [0.25, 0.3) is 0 Å². The van der Waals surface area contributed by atoms with Gasteiger partial charge in [0.2, 0.25) is 6.79 Å². The molecule has 0 unspecified atom stereocenters. The largest absolute Gasteiger partial charge is 0.457 e. The second kappa shape index (κ2) is 6.04. The lowest BCUT2D eigenvalue weighted by Gasteiger charge is -2.13. The van der Waals surface area contributed by atoms with Gasteiger partial charge in [-0.1, -0.05) is 36.4 Å². The Morgan fingerprint density at radius 1 is 0.750 bits per heavy atom. The molecule has 4 nitrogen and oxygen atoms in total. The Bertz CT molecular complexity index is 608. The van der Waals surface area contributed by atoms with Crippen LogP contribution < -0.4 is 9.47 Å². The third-order valence-electron chi connectivity index (χ3n) is 3.01. The van der Waals surface area contributed by atoms with Crippen molar-refractivity contribution in [2.24, 2.45) is 9.98 Å². The summed E-state index contributed by atoms with van der Waals surface area (Å²) in [5.41, 5.74) is 1.99. The molecule has 0 saturated carbocycles. The number of hydrogen-bond donors (Lipinski definition) is 0. The Morgan fingerprint density at radius 2 is 1.25 bits per heavy atom. The Hall–Kier alpha value is -2.58. The van der Waals surface area contributed by atoms with Gasteiger partial charge in [-0.2, -0.15) is 0 Å². The van der Waals surface area contributed by atoms with E-state index in [4.69, 9.17) is 9.47 Å². The highest BCUT2D eigenvalue weighted by molar-refractivity contribution is 5.44. The van der Waals surface area contributed by atoms with E-state index in [-0.39, 0.29) is 6.79 Å². The van der Waals surface area contributed by atoms with Gasteiger partial charge in [-0.3, -0.25) is 0 Å². The van der Waals surface area contributed by atoms with Crippen molar-refractivity contribution in [1.29, 1.82) is 0 Å². The summed E-state index contributed by atoms with van der Waals surface area (Å²) >= 11 is 0. The predicted molar refractivity (Wildman–Crippen MR) is 76.3 cm³/mol. The number of ether oxygens (including phenoxy) is 2. The van der Waals surface area contributed by atoms with E-state index in [1.165, 1.54) is 0 Å². The van der Waals surface area contributed by atoms with Crippen molar-refractivity contribution < 1.29 is 9.47 Å². The van der Waals surface area contributed by atoms with E-state index >= 15 is 0 Å². The van der Waals surface area contributed by atoms with Crippen molar-refractivity contribution >= 4 is 6.01 Å². The van der Waals surface area contributed by atoms with Crippen molar-refractivity contribution in [3.05, 3.63) is 59.7 Å². The first-order valence-electron chi connectivity index (χ1n) is 6.43. The maximum Gasteiger partial charge on any atom is 0.230 e. The minimum absolute atomic E-state index is 0.168. The van der Waals surface area contributed by atoms with Gasteiger partial charge >= 0.3 is 0 Å². The van der Waals surface area contributed by atoms with Gasteiger partial charge in [-0.05, 0) is 12.1 Å². The standard InChI is InChI=1S/C16H14N2O2/c1-3-7-15-13(5-1)9-17-11-18-10-14-6-2-4-8-16(14)20-12-19-15/h1-8H,9-10,12H2. The SMILES string of the molecule is C1=NCc2ccccc2OCOc2ccccc2CN=1. The zero-order chi connectivity index (χ0) is 13.6. The van der Waals surface area contributed by atoms with Crippen LogP contribution in [0.3, 0.4) is 0 Å². The first-order chi connectivity index (χ1) is 9.93. The first-order valence-corrected chi connectivity index (χ1v) is 6.43. The lowest BCUT2D eigenvalue weighted by Crippen LogP contribution is -2.08. The summed E-state index contributed by atoms with van der Waals surface area (Å²) < 4.78 is 11.4. The highest BCUT2D eigenvalue weighted by Gasteiger charge is 2.05. The summed E-state index contributed by atoms with van der Waals surface area (Å²) in [4.78, 5) is 8.36. The van der Waals surface area contributed by atoms with Crippen LogP contribution in [0.5, 0.6) is 11.5 Å². The molecule has 0 amide bonds. The molecule has 20 heavy (non-hydrogen) atoms. The van der Waals surface area contributed by atoms with Gasteiger partial charge in [0.15, 0.2) is 0 Å². The summed E-state index contributed by atoms with van der Waals surface area (Å²) in [5.74, 6) is 1.55. The van der Waals surface area contributed by atoms with Crippen LogP contribution >= 0.6 is 0 Å². The number of benzene rings is 2. The lowest BCUT2D eigenvalue weighted by atomic mass is 10.2. The molecular weight excluding hydrogens is 252 g/mol. The average molecular weight is 266 g/mol. The Labute approximate surface area is 117 Å². The fraction of sp³-hybridized carbons (Fsp3) is 0.188. The van der Waals surface area contributed by atoms with E-state index in [0.717, 1.165) is 22.6 Å². The highest BCUT2D eigenvalue weighted by atomic mass is 16.7. The average Bonchev–Trinajstić information content (AvgIpc) is 2.48. The number of para-hydroxylation sites is 2. The van der Waals surface area contributed by atoms with Gasteiger partial charge in [-0.25, -0.2) is 9.98 Å². The summed E-state index contributed by atoms with van der Waals surface area (Å²) in [5, 5.41) is 0. The van der Waals surface area contributed by atoms with Crippen LogP contribution in [-0.4, -0.2) is 12.8 Å². The van der Waals surface area contributed by atoms with Gasteiger partial charge < -0.3 is 9.47 Å². The topological polar surface area (TPSA) is 43.2 Å². The van der Waals surface area contributed by atoms with E-state index in [9.17, 15) is 0 Å². The summed E-state index contributed by atoms with van der Waals surface area (Å²) in [7, 11) is 0. The zero-order valence-electron chi connectivity index (χ0n) is 11.0. The van der Waals surface area contributed by atoms with Crippen molar-refractivity contribution in [3.63, 3.8) is 0 Å².